The Kier molecular flexibility index (Phi) is 6.44. The van der Waals surface area contributed by atoms with Crippen LogP contribution in [-0.2, 0) is 11.2 Å². The molecule has 0 fully saturated rings. The summed E-state index contributed by atoms with van der Waals surface area (Å²) in [6.45, 7) is 2.65. The fourth-order valence-electron chi connectivity index (χ4n) is 1.89. The number of carbonyl (C=O) groups excluding carboxylic acids is 1. The van der Waals surface area contributed by atoms with E-state index in [1.54, 1.807) is 7.11 Å². The third-order valence-corrected chi connectivity index (χ3v) is 3.21. The number of benzene rings is 1. The van der Waals surface area contributed by atoms with Gasteiger partial charge in [-0.15, -0.1) is 0 Å². The van der Waals surface area contributed by atoms with Gasteiger partial charge in [-0.2, -0.15) is 0 Å². The second kappa shape index (κ2) is 7.88. The Morgan fingerprint density at radius 2 is 2.00 bits per heavy atom. The molecule has 18 heavy (non-hydrogen) atoms. The van der Waals surface area contributed by atoms with Gasteiger partial charge in [-0.3, -0.25) is 4.79 Å². The number of ether oxygens (including phenoxy) is 1. The first-order chi connectivity index (χ1) is 8.67. The number of hydrogen-bond acceptors (Lipinski definition) is 3. The van der Waals surface area contributed by atoms with Gasteiger partial charge in [0.25, 0.3) is 0 Å². The standard InChI is InChI=1S/C15H23NO2/c1-12(4-3-11-16)15(17)10-7-13-5-8-14(18-2)9-6-13/h5-6,8-9,12H,3-4,7,10-11,16H2,1-2H3. The highest BCUT2D eigenvalue weighted by Crippen LogP contribution is 2.15. The van der Waals surface area contributed by atoms with E-state index in [0.29, 0.717) is 18.7 Å². The van der Waals surface area contributed by atoms with Crippen molar-refractivity contribution in [3.05, 3.63) is 29.8 Å². The van der Waals surface area contributed by atoms with Gasteiger partial charge in [0, 0.05) is 12.3 Å². The van der Waals surface area contributed by atoms with E-state index in [2.05, 4.69) is 0 Å². The van der Waals surface area contributed by atoms with Crippen LogP contribution in [0.4, 0.5) is 0 Å². The van der Waals surface area contributed by atoms with Crippen LogP contribution in [0.3, 0.4) is 0 Å². The molecule has 0 aliphatic carbocycles. The highest BCUT2D eigenvalue weighted by molar-refractivity contribution is 5.80. The van der Waals surface area contributed by atoms with Crippen LogP contribution >= 0.6 is 0 Å². The van der Waals surface area contributed by atoms with Crippen LogP contribution in [0.5, 0.6) is 5.75 Å². The Morgan fingerprint density at radius 1 is 1.33 bits per heavy atom. The number of aryl methyl sites for hydroxylation is 1. The maximum atomic E-state index is 11.9. The summed E-state index contributed by atoms with van der Waals surface area (Å²) in [6.07, 6.45) is 3.24. The Balaban J connectivity index is 2.37. The van der Waals surface area contributed by atoms with Gasteiger partial charge in [0.1, 0.15) is 11.5 Å². The van der Waals surface area contributed by atoms with Gasteiger partial charge in [-0.1, -0.05) is 19.1 Å². The van der Waals surface area contributed by atoms with E-state index in [1.807, 2.05) is 31.2 Å². The van der Waals surface area contributed by atoms with Gasteiger partial charge in [0.05, 0.1) is 7.11 Å². The minimum Gasteiger partial charge on any atom is -0.497 e. The quantitative estimate of drug-likeness (QED) is 0.770. The molecule has 0 saturated carbocycles. The van der Waals surface area contributed by atoms with Gasteiger partial charge >= 0.3 is 0 Å². The van der Waals surface area contributed by atoms with E-state index in [1.165, 1.54) is 5.56 Å². The fourth-order valence-corrected chi connectivity index (χ4v) is 1.89. The lowest BCUT2D eigenvalue weighted by atomic mass is 9.95. The van der Waals surface area contributed by atoms with Crippen LogP contribution in [0.2, 0.25) is 0 Å². The van der Waals surface area contributed by atoms with Gasteiger partial charge in [-0.05, 0) is 43.5 Å². The number of hydrogen-bond donors (Lipinski definition) is 1. The highest BCUT2D eigenvalue weighted by Gasteiger charge is 2.12. The average Bonchev–Trinajstić information content (AvgIpc) is 2.42. The number of methoxy groups -OCH3 is 1. The van der Waals surface area contributed by atoms with Crippen LogP contribution < -0.4 is 10.5 Å². The van der Waals surface area contributed by atoms with Crippen LogP contribution in [0.25, 0.3) is 0 Å². The van der Waals surface area contributed by atoms with Gasteiger partial charge < -0.3 is 10.5 Å². The largest absolute Gasteiger partial charge is 0.497 e. The minimum absolute atomic E-state index is 0.131. The van der Waals surface area contributed by atoms with Crippen LogP contribution in [0.1, 0.15) is 31.7 Å². The van der Waals surface area contributed by atoms with Crippen molar-refractivity contribution in [3.63, 3.8) is 0 Å². The zero-order valence-corrected chi connectivity index (χ0v) is 11.3. The van der Waals surface area contributed by atoms with Crippen molar-refractivity contribution in [2.24, 2.45) is 11.7 Å². The molecule has 2 N–H and O–H groups in total. The average molecular weight is 249 g/mol. The molecular formula is C15H23NO2. The van der Waals surface area contributed by atoms with Crippen molar-refractivity contribution in [2.45, 2.75) is 32.6 Å². The first-order valence-corrected chi connectivity index (χ1v) is 6.53. The van der Waals surface area contributed by atoms with Crippen molar-refractivity contribution in [3.8, 4) is 5.75 Å². The van der Waals surface area contributed by atoms with Crippen molar-refractivity contribution in [2.75, 3.05) is 13.7 Å². The Morgan fingerprint density at radius 3 is 2.56 bits per heavy atom. The molecule has 0 aliphatic heterocycles. The lowest BCUT2D eigenvalue weighted by molar-refractivity contribution is -0.122. The Bertz CT molecular complexity index is 359. The maximum Gasteiger partial charge on any atom is 0.136 e. The third-order valence-electron chi connectivity index (χ3n) is 3.21. The zero-order valence-electron chi connectivity index (χ0n) is 11.3. The van der Waals surface area contributed by atoms with E-state index in [4.69, 9.17) is 10.5 Å². The molecule has 0 spiro atoms. The minimum atomic E-state index is 0.131. The SMILES string of the molecule is COc1ccc(CCC(=O)C(C)CCCN)cc1. The Labute approximate surface area is 109 Å². The van der Waals surface area contributed by atoms with Crippen molar-refractivity contribution in [1.29, 1.82) is 0 Å². The third kappa shape index (κ3) is 4.88. The summed E-state index contributed by atoms with van der Waals surface area (Å²) >= 11 is 0. The van der Waals surface area contributed by atoms with E-state index in [0.717, 1.165) is 25.0 Å². The maximum absolute atomic E-state index is 11.9. The van der Waals surface area contributed by atoms with E-state index in [9.17, 15) is 4.79 Å². The molecular weight excluding hydrogens is 226 g/mol. The summed E-state index contributed by atoms with van der Waals surface area (Å²) in [6, 6.07) is 7.88. The van der Waals surface area contributed by atoms with Crippen LogP contribution in [0.15, 0.2) is 24.3 Å². The molecule has 0 aliphatic rings. The van der Waals surface area contributed by atoms with E-state index < -0.39 is 0 Å². The lowest BCUT2D eigenvalue weighted by Crippen LogP contribution is -2.13. The number of nitrogens with two attached hydrogens (primary N) is 1. The van der Waals surface area contributed by atoms with Gasteiger partial charge in [-0.25, -0.2) is 0 Å². The molecule has 0 heterocycles. The number of Topliss-reactive ketones (excluding diaryl/α,β-unsaturated/α-hetero) is 1. The fraction of sp³-hybridized carbons (Fsp3) is 0.533. The Hall–Kier alpha value is -1.35. The summed E-state index contributed by atoms with van der Waals surface area (Å²) in [5.41, 5.74) is 6.62. The molecule has 3 nitrogen and oxygen atoms in total. The predicted octanol–water partition coefficient (Wildman–Crippen LogP) is 2.57. The normalized spacial score (nSPS) is 12.2. The smallest absolute Gasteiger partial charge is 0.136 e. The lowest BCUT2D eigenvalue weighted by Gasteiger charge is -2.09. The molecule has 0 aromatic heterocycles. The second-order valence-electron chi connectivity index (χ2n) is 4.65. The molecule has 1 aromatic carbocycles. The zero-order chi connectivity index (χ0) is 13.4. The molecule has 1 unspecified atom stereocenters. The summed E-state index contributed by atoms with van der Waals surface area (Å²) in [5.74, 6) is 1.31. The molecule has 0 bridgehead atoms. The monoisotopic (exact) mass is 249 g/mol. The molecule has 100 valence electrons. The van der Waals surface area contributed by atoms with Gasteiger partial charge in [0.2, 0.25) is 0 Å². The summed E-state index contributed by atoms with van der Waals surface area (Å²) in [5, 5.41) is 0. The molecule has 1 rings (SSSR count). The van der Waals surface area contributed by atoms with Crippen LogP contribution in [-0.4, -0.2) is 19.4 Å². The van der Waals surface area contributed by atoms with Gasteiger partial charge in [0.15, 0.2) is 0 Å². The van der Waals surface area contributed by atoms with E-state index in [-0.39, 0.29) is 5.92 Å². The number of rotatable bonds is 8. The van der Waals surface area contributed by atoms with Crippen LogP contribution in [0, 0.1) is 5.92 Å². The summed E-state index contributed by atoms with van der Waals surface area (Å²) in [4.78, 5) is 11.9. The molecule has 1 aromatic rings. The molecule has 0 amide bonds. The molecule has 1 atom stereocenters. The second-order valence-corrected chi connectivity index (χ2v) is 4.65. The van der Waals surface area contributed by atoms with Crippen molar-refractivity contribution in [1.82, 2.24) is 0 Å². The predicted molar refractivity (Wildman–Crippen MR) is 73.8 cm³/mol. The number of ketones is 1. The first kappa shape index (κ1) is 14.7. The summed E-state index contributed by atoms with van der Waals surface area (Å²) in [7, 11) is 1.65. The molecule has 3 heteroatoms. The van der Waals surface area contributed by atoms with Crippen molar-refractivity contribution < 1.29 is 9.53 Å². The molecule has 0 radical (unpaired) electrons. The highest BCUT2D eigenvalue weighted by atomic mass is 16.5. The van der Waals surface area contributed by atoms with E-state index >= 15 is 0 Å². The number of carbonyl (C=O) groups is 1. The first-order valence-electron chi connectivity index (χ1n) is 6.53. The van der Waals surface area contributed by atoms with Crippen molar-refractivity contribution >= 4 is 5.78 Å². The topological polar surface area (TPSA) is 52.3 Å². The summed E-state index contributed by atoms with van der Waals surface area (Å²) < 4.78 is 5.10. The molecule has 0 saturated heterocycles.